The molecule has 0 aliphatic carbocycles. The molecule has 1 aromatic carbocycles. The third-order valence-electron chi connectivity index (χ3n) is 5.00. The zero-order valence-electron chi connectivity index (χ0n) is 18.5. The lowest BCUT2D eigenvalue weighted by Gasteiger charge is -2.12. The van der Waals surface area contributed by atoms with Gasteiger partial charge in [-0.1, -0.05) is 17.8 Å². The second kappa shape index (κ2) is 9.86. The Hall–Kier alpha value is -3.66. The summed E-state index contributed by atoms with van der Waals surface area (Å²) in [6.45, 7) is 2.43. The molecule has 4 aromatic rings. The van der Waals surface area contributed by atoms with Crippen molar-refractivity contribution in [1.82, 2.24) is 19.9 Å². The minimum absolute atomic E-state index is 0.104. The van der Waals surface area contributed by atoms with Crippen molar-refractivity contribution in [2.45, 2.75) is 25.2 Å². The van der Waals surface area contributed by atoms with Crippen molar-refractivity contribution >= 4 is 28.7 Å². The molecule has 0 unspecified atom stereocenters. The average Bonchev–Trinajstić information content (AvgIpc) is 3.47. The molecular formula is C23H24N4O5S. The molecule has 0 saturated heterocycles. The molecule has 4 rings (SSSR count). The first-order valence-corrected chi connectivity index (χ1v) is 11.2. The smallest absolute Gasteiger partial charge is 0.278 e. The van der Waals surface area contributed by atoms with Gasteiger partial charge in [-0.15, -0.1) is 0 Å². The van der Waals surface area contributed by atoms with Gasteiger partial charge in [0, 0.05) is 12.2 Å². The molecule has 0 radical (unpaired) electrons. The summed E-state index contributed by atoms with van der Waals surface area (Å²) >= 11 is 1.20. The van der Waals surface area contributed by atoms with Crippen LogP contribution in [-0.2, 0) is 17.9 Å². The maximum Gasteiger partial charge on any atom is 0.278 e. The number of nitrogens with zero attached hydrogens (tertiary/aromatic N) is 2. The number of aromatic nitrogens is 3. The van der Waals surface area contributed by atoms with Crippen molar-refractivity contribution in [3.8, 4) is 11.5 Å². The van der Waals surface area contributed by atoms with E-state index in [0.717, 1.165) is 11.3 Å². The van der Waals surface area contributed by atoms with E-state index in [4.69, 9.17) is 13.9 Å². The summed E-state index contributed by atoms with van der Waals surface area (Å²) in [5, 5.41) is 3.33. The van der Waals surface area contributed by atoms with Gasteiger partial charge in [0.1, 0.15) is 11.3 Å². The van der Waals surface area contributed by atoms with Gasteiger partial charge in [0.15, 0.2) is 16.7 Å². The summed E-state index contributed by atoms with van der Waals surface area (Å²) in [7, 11) is 3.14. The SMILES string of the molecule is COc1ccc(CNC(=O)CSc2nc3cc(C)[nH]c3c(=O)n2Cc2ccco2)cc1OC. The molecule has 0 fully saturated rings. The van der Waals surface area contributed by atoms with E-state index in [-0.39, 0.29) is 23.8 Å². The maximum atomic E-state index is 13.1. The van der Waals surface area contributed by atoms with Crippen molar-refractivity contribution in [1.29, 1.82) is 0 Å². The standard InChI is InChI=1S/C23H24N4O5S/c1-14-9-17-21(25-14)22(29)27(12-16-5-4-8-32-16)23(26-17)33-13-20(28)24-11-15-6-7-18(30-2)19(10-15)31-3/h4-10,25H,11-13H2,1-3H3,(H,24,28). The van der Waals surface area contributed by atoms with E-state index in [1.54, 1.807) is 38.7 Å². The van der Waals surface area contributed by atoms with Crippen molar-refractivity contribution in [2.75, 3.05) is 20.0 Å². The predicted molar refractivity (Wildman–Crippen MR) is 125 cm³/mol. The number of aromatic amines is 1. The molecule has 33 heavy (non-hydrogen) atoms. The third kappa shape index (κ3) is 5.06. The molecule has 0 saturated carbocycles. The summed E-state index contributed by atoms with van der Waals surface area (Å²) in [6, 6.07) is 10.8. The Morgan fingerprint density at radius 1 is 1.21 bits per heavy atom. The van der Waals surface area contributed by atoms with Gasteiger partial charge in [0.05, 0.1) is 38.3 Å². The van der Waals surface area contributed by atoms with Crippen LogP contribution in [0.15, 0.2) is 57.0 Å². The highest BCUT2D eigenvalue weighted by Gasteiger charge is 2.16. The van der Waals surface area contributed by atoms with Gasteiger partial charge >= 0.3 is 0 Å². The number of hydrogen-bond acceptors (Lipinski definition) is 7. The summed E-state index contributed by atoms with van der Waals surface area (Å²) in [5.74, 6) is 1.77. The van der Waals surface area contributed by atoms with Crippen LogP contribution in [0.2, 0.25) is 0 Å². The molecule has 9 nitrogen and oxygen atoms in total. The number of carbonyl (C=O) groups is 1. The highest BCUT2D eigenvalue weighted by Crippen LogP contribution is 2.27. The Bertz CT molecular complexity index is 1330. The molecule has 0 bridgehead atoms. The lowest BCUT2D eigenvalue weighted by atomic mass is 10.2. The first kappa shape index (κ1) is 22.5. The number of ether oxygens (including phenoxy) is 2. The van der Waals surface area contributed by atoms with Crippen LogP contribution in [0.3, 0.4) is 0 Å². The summed E-state index contributed by atoms with van der Waals surface area (Å²) in [6.07, 6.45) is 1.56. The fourth-order valence-electron chi connectivity index (χ4n) is 3.39. The molecule has 172 valence electrons. The monoisotopic (exact) mass is 468 g/mol. The van der Waals surface area contributed by atoms with Gasteiger partial charge in [-0.05, 0) is 42.8 Å². The lowest BCUT2D eigenvalue weighted by Crippen LogP contribution is -2.27. The quantitative estimate of drug-likeness (QED) is 0.287. The van der Waals surface area contributed by atoms with E-state index in [1.165, 1.54) is 16.3 Å². The number of fused-ring (bicyclic) bond motifs is 1. The van der Waals surface area contributed by atoms with E-state index in [0.29, 0.717) is 40.0 Å². The Kier molecular flexibility index (Phi) is 6.74. The van der Waals surface area contributed by atoms with Gasteiger partial charge < -0.3 is 24.2 Å². The van der Waals surface area contributed by atoms with Gasteiger partial charge in [-0.3, -0.25) is 14.2 Å². The molecule has 3 aromatic heterocycles. The number of methoxy groups -OCH3 is 2. The zero-order chi connectivity index (χ0) is 23.4. The average molecular weight is 469 g/mol. The number of amides is 1. The van der Waals surface area contributed by atoms with Crippen LogP contribution in [0, 0.1) is 6.92 Å². The van der Waals surface area contributed by atoms with Crippen LogP contribution in [0.25, 0.3) is 11.0 Å². The number of H-pyrrole nitrogens is 1. The first-order valence-electron chi connectivity index (χ1n) is 10.2. The topological polar surface area (TPSA) is 111 Å². The lowest BCUT2D eigenvalue weighted by molar-refractivity contribution is -0.118. The van der Waals surface area contributed by atoms with E-state index in [2.05, 4.69) is 15.3 Å². The van der Waals surface area contributed by atoms with Crippen molar-refractivity contribution < 1.29 is 18.7 Å². The predicted octanol–water partition coefficient (Wildman–Crippen LogP) is 3.10. The van der Waals surface area contributed by atoms with Crippen molar-refractivity contribution in [3.05, 3.63) is 70.0 Å². The fraction of sp³-hybridized carbons (Fsp3) is 0.261. The molecule has 2 N–H and O–H groups in total. The number of furan rings is 1. The van der Waals surface area contributed by atoms with E-state index in [9.17, 15) is 9.59 Å². The molecule has 0 atom stereocenters. The molecule has 0 aliphatic heterocycles. The second-order valence-electron chi connectivity index (χ2n) is 7.33. The van der Waals surface area contributed by atoms with Gasteiger partial charge in [-0.2, -0.15) is 0 Å². The number of carbonyl (C=O) groups excluding carboxylic acids is 1. The number of hydrogen-bond donors (Lipinski definition) is 2. The molecule has 10 heteroatoms. The van der Waals surface area contributed by atoms with Gasteiger partial charge in [0.2, 0.25) is 5.91 Å². The van der Waals surface area contributed by atoms with Gasteiger partial charge in [-0.25, -0.2) is 4.98 Å². The number of thioether (sulfide) groups is 1. The molecule has 1 amide bonds. The fourth-order valence-corrected chi connectivity index (χ4v) is 4.22. The summed E-state index contributed by atoms with van der Waals surface area (Å²) in [5.41, 5.74) is 2.51. The molecule has 3 heterocycles. The van der Waals surface area contributed by atoms with E-state index >= 15 is 0 Å². The maximum absolute atomic E-state index is 13.1. The van der Waals surface area contributed by atoms with Crippen LogP contribution in [0.4, 0.5) is 0 Å². The van der Waals surface area contributed by atoms with Crippen LogP contribution < -0.4 is 20.3 Å². The van der Waals surface area contributed by atoms with Crippen LogP contribution in [-0.4, -0.2) is 40.4 Å². The Labute approximate surface area is 194 Å². The third-order valence-corrected chi connectivity index (χ3v) is 5.98. The second-order valence-corrected chi connectivity index (χ2v) is 8.27. The van der Waals surface area contributed by atoms with Crippen molar-refractivity contribution in [2.24, 2.45) is 0 Å². The normalized spacial score (nSPS) is 11.0. The first-order chi connectivity index (χ1) is 16.0. The van der Waals surface area contributed by atoms with Crippen LogP contribution in [0.5, 0.6) is 11.5 Å². The zero-order valence-corrected chi connectivity index (χ0v) is 19.3. The number of nitrogens with one attached hydrogen (secondary N) is 2. The largest absolute Gasteiger partial charge is 0.493 e. The molecular weight excluding hydrogens is 444 g/mol. The highest BCUT2D eigenvalue weighted by atomic mass is 32.2. The molecule has 0 aliphatic rings. The van der Waals surface area contributed by atoms with E-state index < -0.39 is 0 Å². The Morgan fingerprint density at radius 3 is 2.76 bits per heavy atom. The minimum atomic E-state index is -0.210. The number of rotatable bonds is 9. The van der Waals surface area contributed by atoms with Gasteiger partial charge in [0.25, 0.3) is 5.56 Å². The minimum Gasteiger partial charge on any atom is -0.493 e. The van der Waals surface area contributed by atoms with Crippen molar-refractivity contribution in [3.63, 3.8) is 0 Å². The molecule has 0 spiro atoms. The number of benzene rings is 1. The van der Waals surface area contributed by atoms with Crippen LogP contribution in [0.1, 0.15) is 17.0 Å². The summed E-state index contributed by atoms with van der Waals surface area (Å²) in [4.78, 5) is 33.3. The highest BCUT2D eigenvalue weighted by molar-refractivity contribution is 7.99. The van der Waals surface area contributed by atoms with Crippen LogP contribution >= 0.6 is 11.8 Å². The Balaban J connectivity index is 1.48. The van der Waals surface area contributed by atoms with E-state index in [1.807, 2.05) is 25.1 Å². The number of aryl methyl sites for hydroxylation is 1. The summed E-state index contributed by atoms with van der Waals surface area (Å²) < 4.78 is 17.5. The Morgan fingerprint density at radius 2 is 2.03 bits per heavy atom.